The van der Waals surface area contributed by atoms with Crippen molar-refractivity contribution < 1.29 is 9.90 Å². The second-order valence-electron chi connectivity index (χ2n) is 5.71. The lowest BCUT2D eigenvalue weighted by Gasteiger charge is -2.18. The summed E-state index contributed by atoms with van der Waals surface area (Å²) in [5.41, 5.74) is -0.125. The molecular formula is C15H21N3O3S. The van der Waals surface area contributed by atoms with Crippen LogP contribution >= 0.6 is 11.3 Å². The lowest BCUT2D eigenvalue weighted by atomic mass is 10.0. The lowest BCUT2D eigenvalue weighted by molar-refractivity contribution is -0.122. The van der Waals surface area contributed by atoms with Gasteiger partial charge in [0.15, 0.2) is 0 Å². The fraction of sp³-hybridized carbons (Fsp3) is 0.533. The van der Waals surface area contributed by atoms with E-state index >= 15 is 0 Å². The molecule has 0 aliphatic rings. The summed E-state index contributed by atoms with van der Waals surface area (Å²) >= 11 is 1.42. The summed E-state index contributed by atoms with van der Waals surface area (Å²) in [4.78, 5) is 29.0. The van der Waals surface area contributed by atoms with Gasteiger partial charge in [0.1, 0.15) is 4.83 Å². The number of amides is 1. The van der Waals surface area contributed by atoms with Crippen LogP contribution in [-0.4, -0.2) is 33.2 Å². The van der Waals surface area contributed by atoms with Gasteiger partial charge >= 0.3 is 0 Å². The zero-order valence-corrected chi connectivity index (χ0v) is 13.6. The van der Waals surface area contributed by atoms with Crippen molar-refractivity contribution in [2.45, 2.75) is 39.3 Å². The minimum atomic E-state index is -0.235. The molecule has 1 unspecified atom stereocenters. The van der Waals surface area contributed by atoms with E-state index in [4.69, 9.17) is 0 Å². The summed E-state index contributed by atoms with van der Waals surface area (Å²) in [5, 5.41) is 14.5. The molecule has 0 saturated carbocycles. The Hall–Kier alpha value is -1.73. The third kappa shape index (κ3) is 4.14. The molecule has 0 saturated heterocycles. The predicted octanol–water partition coefficient (Wildman–Crippen LogP) is 1.37. The Bertz CT molecular complexity index is 693. The Kier molecular flexibility index (Phi) is 5.68. The van der Waals surface area contributed by atoms with Gasteiger partial charge in [-0.2, -0.15) is 0 Å². The van der Waals surface area contributed by atoms with Gasteiger partial charge in [-0.15, -0.1) is 11.3 Å². The lowest BCUT2D eigenvalue weighted by Crippen LogP contribution is -2.39. The molecule has 0 aliphatic heterocycles. The number of hydrogen-bond donors (Lipinski definition) is 2. The van der Waals surface area contributed by atoms with Crippen molar-refractivity contribution in [3.8, 4) is 0 Å². The Balaban J connectivity index is 1.95. The molecule has 0 bridgehead atoms. The Labute approximate surface area is 132 Å². The monoisotopic (exact) mass is 323 g/mol. The van der Waals surface area contributed by atoms with Gasteiger partial charge in [-0.05, 0) is 23.8 Å². The van der Waals surface area contributed by atoms with Gasteiger partial charge in [-0.25, -0.2) is 4.98 Å². The highest BCUT2D eigenvalue weighted by atomic mass is 32.1. The second kappa shape index (κ2) is 7.51. The zero-order valence-electron chi connectivity index (χ0n) is 12.8. The molecule has 0 aliphatic carbocycles. The van der Waals surface area contributed by atoms with Crippen molar-refractivity contribution in [3.63, 3.8) is 0 Å². The summed E-state index contributed by atoms with van der Waals surface area (Å²) in [6.07, 6.45) is 2.39. The quantitative estimate of drug-likeness (QED) is 0.806. The van der Waals surface area contributed by atoms with Crippen LogP contribution in [0.15, 0.2) is 22.6 Å². The van der Waals surface area contributed by atoms with E-state index in [2.05, 4.69) is 10.3 Å². The van der Waals surface area contributed by atoms with Crippen molar-refractivity contribution in [1.29, 1.82) is 0 Å². The maximum atomic E-state index is 12.2. The molecule has 2 heterocycles. The number of carbonyl (C=O) groups excluding carboxylic acids is 1. The fourth-order valence-electron chi connectivity index (χ4n) is 2.32. The summed E-state index contributed by atoms with van der Waals surface area (Å²) in [6, 6.07) is 1.51. The molecule has 7 heteroatoms. The van der Waals surface area contributed by atoms with Crippen LogP contribution in [-0.2, 0) is 11.3 Å². The van der Waals surface area contributed by atoms with Crippen LogP contribution in [0, 0.1) is 5.92 Å². The number of rotatable bonds is 7. The minimum absolute atomic E-state index is 0.0771. The summed E-state index contributed by atoms with van der Waals surface area (Å²) < 4.78 is 1.45. The minimum Gasteiger partial charge on any atom is -0.394 e. The average Bonchev–Trinajstić information content (AvgIpc) is 2.94. The third-order valence-electron chi connectivity index (χ3n) is 3.37. The van der Waals surface area contributed by atoms with E-state index in [1.54, 1.807) is 6.07 Å². The molecule has 2 N–H and O–H groups in total. The van der Waals surface area contributed by atoms with E-state index in [0.717, 1.165) is 6.42 Å². The number of aliphatic hydroxyl groups excluding tert-OH is 1. The highest BCUT2D eigenvalue weighted by Crippen LogP contribution is 2.13. The highest BCUT2D eigenvalue weighted by molar-refractivity contribution is 7.16. The maximum absolute atomic E-state index is 12.2. The van der Waals surface area contributed by atoms with Gasteiger partial charge in [0.25, 0.3) is 5.56 Å². The molecular weight excluding hydrogens is 302 g/mol. The Morgan fingerprint density at radius 2 is 2.27 bits per heavy atom. The first-order chi connectivity index (χ1) is 10.5. The molecule has 2 aromatic rings. The number of nitrogens with one attached hydrogen (secondary N) is 1. The van der Waals surface area contributed by atoms with Crippen LogP contribution in [0.25, 0.3) is 10.2 Å². The van der Waals surface area contributed by atoms with Crippen LogP contribution in [0.1, 0.15) is 26.7 Å². The molecule has 0 spiro atoms. The first kappa shape index (κ1) is 16.6. The van der Waals surface area contributed by atoms with E-state index in [1.807, 2.05) is 19.2 Å². The van der Waals surface area contributed by atoms with E-state index in [-0.39, 0.29) is 37.1 Å². The smallest absolute Gasteiger partial charge is 0.262 e. The molecule has 0 radical (unpaired) electrons. The number of nitrogens with zero attached hydrogens (tertiary/aromatic N) is 2. The van der Waals surface area contributed by atoms with Crippen LogP contribution < -0.4 is 10.9 Å². The fourth-order valence-corrected chi connectivity index (χ4v) is 3.05. The summed E-state index contributed by atoms with van der Waals surface area (Å²) in [6.45, 7) is 4.28. The van der Waals surface area contributed by atoms with E-state index in [1.165, 1.54) is 22.2 Å². The van der Waals surface area contributed by atoms with Gasteiger partial charge < -0.3 is 10.4 Å². The third-order valence-corrected chi connectivity index (χ3v) is 4.19. The van der Waals surface area contributed by atoms with E-state index in [9.17, 15) is 14.7 Å². The number of fused-ring (bicyclic) bond motifs is 1. The van der Waals surface area contributed by atoms with Crippen molar-refractivity contribution in [1.82, 2.24) is 14.9 Å². The molecule has 6 nitrogen and oxygen atoms in total. The first-order valence-corrected chi connectivity index (χ1v) is 8.22. The van der Waals surface area contributed by atoms with E-state index in [0.29, 0.717) is 16.1 Å². The number of carbonyl (C=O) groups is 1. The topological polar surface area (TPSA) is 84.2 Å². The average molecular weight is 323 g/mol. The summed E-state index contributed by atoms with van der Waals surface area (Å²) in [5.74, 6) is 0.224. The molecule has 120 valence electrons. The van der Waals surface area contributed by atoms with Crippen LogP contribution in [0.4, 0.5) is 0 Å². The SMILES string of the molecule is CC(C)CC(CO)NC(=O)CCn1cnc2sccc2c1=O. The molecule has 0 fully saturated rings. The Morgan fingerprint density at radius 3 is 2.95 bits per heavy atom. The van der Waals surface area contributed by atoms with Crippen LogP contribution in [0.3, 0.4) is 0 Å². The number of aryl methyl sites for hydroxylation is 1. The van der Waals surface area contributed by atoms with Crippen molar-refractivity contribution >= 4 is 27.5 Å². The van der Waals surface area contributed by atoms with Crippen LogP contribution in [0.2, 0.25) is 0 Å². The van der Waals surface area contributed by atoms with Gasteiger partial charge in [0.05, 0.1) is 24.4 Å². The van der Waals surface area contributed by atoms with Crippen molar-refractivity contribution in [2.24, 2.45) is 5.92 Å². The number of thiophene rings is 1. The Morgan fingerprint density at radius 1 is 1.50 bits per heavy atom. The molecule has 1 atom stereocenters. The molecule has 22 heavy (non-hydrogen) atoms. The van der Waals surface area contributed by atoms with Crippen molar-refractivity contribution in [3.05, 3.63) is 28.1 Å². The molecule has 2 aromatic heterocycles. The van der Waals surface area contributed by atoms with Gasteiger partial charge in [0, 0.05) is 13.0 Å². The second-order valence-corrected chi connectivity index (χ2v) is 6.60. The first-order valence-electron chi connectivity index (χ1n) is 7.34. The highest BCUT2D eigenvalue weighted by Gasteiger charge is 2.13. The van der Waals surface area contributed by atoms with E-state index < -0.39 is 0 Å². The molecule has 0 aromatic carbocycles. The largest absolute Gasteiger partial charge is 0.394 e. The number of hydrogen-bond acceptors (Lipinski definition) is 5. The maximum Gasteiger partial charge on any atom is 0.262 e. The molecule has 1 amide bonds. The van der Waals surface area contributed by atoms with Gasteiger partial charge in [0.2, 0.25) is 5.91 Å². The number of aliphatic hydroxyl groups is 1. The van der Waals surface area contributed by atoms with Crippen molar-refractivity contribution in [2.75, 3.05) is 6.61 Å². The van der Waals surface area contributed by atoms with Gasteiger partial charge in [-0.3, -0.25) is 14.2 Å². The summed E-state index contributed by atoms with van der Waals surface area (Å²) in [7, 11) is 0. The predicted molar refractivity (Wildman–Crippen MR) is 87.0 cm³/mol. The van der Waals surface area contributed by atoms with Crippen LogP contribution in [0.5, 0.6) is 0 Å². The standard InChI is InChI=1S/C15H21N3O3S/c1-10(2)7-11(8-19)17-13(20)3-5-18-9-16-14-12(15(18)21)4-6-22-14/h4,6,9-11,19H,3,5,7-8H2,1-2H3,(H,17,20). The molecule has 2 rings (SSSR count). The number of aromatic nitrogens is 2. The van der Waals surface area contributed by atoms with Gasteiger partial charge in [-0.1, -0.05) is 13.8 Å². The zero-order chi connectivity index (χ0) is 16.1. The normalized spacial score (nSPS) is 12.7.